The van der Waals surface area contributed by atoms with Crippen LogP contribution in [0.3, 0.4) is 0 Å². The highest BCUT2D eigenvalue weighted by atomic mass is 32.1. The van der Waals surface area contributed by atoms with E-state index in [-0.39, 0.29) is 0 Å². The lowest BCUT2D eigenvalue weighted by Gasteiger charge is -2.06. The van der Waals surface area contributed by atoms with Gasteiger partial charge in [-0.1, -0.05) is 18.2 Å². The third-order valence-electron chi connectivity index (χ3n) is 4.39. The topological polar surface area (TPSA) is 22.1 Å². The van der Waals surface area contributed by atoms with E-state index in [1.807, 2.05) is 19.1 Å². The van der Waals surface area contributed by atoms with E-state index in [9.17, 15) is 0 Å². The van der Waals surface area contributed by atoms with Crippen molar-refractivity contribution in [2.24, 2.45) is 0 Å². The Morgan fingerprint density at radius 2 is 1.81 bits per heavy atom. The van der Waals surface area contributed by atoms with Crippen molar-refractivity contribution in [1.82, 2.24) is 4.98 Å². The Morgan fingerprint density at radius 3 is 2.58 bits per heavy atom. The predicted molar refractivity (Wildman–Crippen MR) is 116 cm³/mol. The number of fused-ring (bicyclic) bond motifs is 1. The predicted octanol–water partition coefficient (Wildman–Crippen LogP) is 5.84. The van der Waals surface area contributed by atoms with Gasteiger partial charge in [-0.05, 0) is 77.6 Å². The lowest BCUT2D eigenvalue weighted by Crippen LogP contribution is -1.93. The molecule has 4 heteroatoms. The van der Waals surface area contributed by atoms with Crippen LogP contribution in [-0.4, -0.2) is 11.6 Å². The maximum Gasteiger partial charge on any atom is 0.119 e. The SMILES string of the molecule is CCOc1ccc(-c2csc(-c3cc(C)c4cc(P)ccc4n3)c2)cc1. The molecule has 4 aromatic rings. The van der Waals surface area contributed by atoms with Crippen LogP contribution in [0.25, 0.3) is 32.6 Å². The van der Waals surface area contributed by atoms with Gasteiger partial charge in [0.2, 0.25) is 0 Å². The Kier molecular flexibility index (Phi) is 4.76. The molecule has 26 heavy (non-hydrogen) atoms. The van der Waals surface area contributed by atoms with Crippen LogP contribution in [0.15, 0.2) is 60.0 Å². The minimum absolute atomic E-state index is 0.688. The summed E-state index contributed by atoms with van der Waals surface area (Å²) < 4.78 is 5.52. The highest BCUT2D eigenvalue weighted by molar-refractivity contribution is 7.27. The second-order valence-corrected chi connectivity index (χ2v) is 7.84. The van der Waals surface area contributed by atoms with E-state index in [1.165, 1.54) is 32.3 Å². The summed E-state index contributed by atoms with van der Waals surface area (Å²) in [6.07, 6.45) is 0. The Bertz CT molecular complexity index is 1070. The summed E-state index contributed by atoms with van der Waals surface area (Å²) >= 11 is 1.73. The largest absolute Gasteiger partial charge is 0.494 e. The molecule has 1 atom stereocenters. The molecule has 1 unspecified atom stereocenters. The van der Waals surface area contributed by atoms with Crippen molar-refractivity contribution in [1.29, 1.82) is 0 Å². The number of rotatable bonds is 4. The van der Waals surface area contributed by atoms with E-state index >= 15 is 0 Å². The molecule has 4 rings (SSSR count). The summed E-state index contributed by atoms with van der Waals surface area (Å²) in [5, 5.41) is 4.59. The molecular weight excluding hydrogens is 357 g/mol. The Morgan fingerprint density at radius 1 is 1.00 bits per heavy atom. The van der Waals surface area contributed by atoms with Crippen molar-refractivity contribution in [3.63, 3.8) is 0 Å². The molecule has 0 fully saturated rings. The Balaban J connectivity index is 1.69. The number of ether oxygens (including phenoxy) is 1. The Labute approximate surface area is 160 Å². The van der Waals surface area contributed by atoms with Crippen LogP contribution in [0.4, 0.5) is 0 Å². The van der Waals surface area contributed by atoms with Crippen LogP contribution in [0.2, 0.25) is 0 Å². The highest BCUT2D eigenvalue weighted by Crippen LogP contribution is 2.34. The van der Waals surface area contributed by atoms with Crippen LogP contribution in [-0.2, 0) is 0 Å². The lowest BCUT2D eigenvalue weighted by atomic mass is 10.1. The molecule has 0 radical (unpaired) electrons. The van der Waals surface area contributed by atoms with E-state index in [2.05, 4.69) is 64.0 Å². The van der Waals surface area contributed by atoms with E-state index in [4.69, 9.17) is 9.72 Å². The average Bonchev–Trinajstić information content (AvgIpc) is 3.13. The van der Waals surface area contributed by atoms with E-state index in [1.54, 1.807) is 11.3 Å². The number of nitrogens with zero attached hydrogens (tertiary/aromatic N) is 1. The molecule has 0 N–H and O–H groups in total. The number of aryl methyl sites for hydroxylation is 1. The van der Waals surface area contributed by atoms with Gasteiger partial charge in [-0.3, -0.25) is 0 Å². The van der Waals surface area contributed by atoms with Gasteiger partial charge in [-0.15, -0.1) is 20.6 Å². The van der Waals surface area contributed by atoms with E-state index < -0.39 is 0 Å². The molecule has 2 nitrogen and oxygen atoms in total. The van der Waals surface area contributed by atoms with Gasteiger partial charge in [0.05, 0.1) is 22.7 Å². The zero-order valence-corrected chi connectivity index (χ0v) is 16.8. The average molecular weight is 377 g/mol. The van der Waals surface area contributed by atoms with Gasteiger partial charge in [-0.2, -0.15) is 0 Å². The minimum Gasteiger partial charge on any atom is -0.494 e. The first kappa shape index (κ1) is 17.2. The van der Waals surface area contributed by atoms with Crippen molar-refractivity contribution in [3.8, 4) is 27.4 Å². The molecule has 0 aliphatic carbocycles. The van der Waals surface area contributed by atoms with Gasteiger partial charge in [-0.25, -0.2) is 4.98 Å². The zero-order valence-electron chi connectivity index (χ0n) is 14.8. The van der Waals surface area contributed by atoms with Crippen LogP contribution < -0.4 is 10.0 Å². The minimum atomic E-state index is 0.688. The first-order valence-corrected chi connectivity index (χ1v) is 10.1. The molecule has 2 heterocycles. The molecule has 0 aliphatic rings. The van der Waals surface area contributed by atoms with Crippen molar-refractivity contribution in [2.45, 2.75) is 13.8 Å². The molecule has 0 saturated heterocycles. The van der Waals surface area contributed by atoms with Gasteiger partial charge in [0, 0.05) is 5.39 Å². The summed E-state index contributed by atoms with van der Waals surface area (Å²) in [4.78, 5) is 6.06. The van der Waals surface area contributed by atoms with Crippen molar-refractivity contribution in [3.05, 3.63) is 65.5 Å². The van der Waals surface area contributed by atoms with Crippen LogP contribution >= 0.6 is 20.6 Å². The second kappa shape index (κ2) is 7.19. The number of pyridine rings is 1. The first-order chi connectivity index (χ1) is 12.6. The van der Waals surface area contributed by atoms with Crippen molar-refractivity contribution >= 4 is 36.8 Å². The fourth-order valence-electron chi connectivity index (χ4n) is 3.07. The van der Waals surface area contributed by atoms with E-state index in [0.29, 0.717) is 6.61 Å². The quantitative estimate of drug-likeness (QED) is 0.417. The molecule has 2 aromatic carbocycles. The first-order valence-electron chi connectivity index (χ1n) is 8.63. The monoisotopic (exact) mass is 377 g/mol. The van der Waals surface area contributed by atoms with Crippen molar-refractivity contribution < 1.29 is 4.74 Å². The summed E-state index contributed by atoms with van der Waals surface area (Å²) in [6.45, 7) is 4.84. The number of benzene rings is 2. The standard InChI is InChI=1S/C22H20NOPS/c1-3-24-17-6-4-15(5-7-17)16-11-22(26-13-16)21-10-14(2)19-12-18(25)8-9-20(19)23-21/h4-13H,3,25H2,1-2H3. The molecule has 0 spiro atoms. The van der Waals surface area contributed by atoms with Crippen LogP contribution in [0.5, 0.6) is 5.75 Å². The molecule has 130 valence electrons. The molecule has 0 saturated carbocycles. The van der Waals surface area contributed by atoms with Gasteiger partial charge < -0.3 is 4.74 Å². The smallest absolute Gasteiger partial charge is 0.119 e. The van der Waals surface area contributed by atoms with Gasteiger partial charge in [0.25, 0.3) is 0 Å². The molecule has 2 aromatic heterocycles. The molecule has 0 aliphatic heterocycles. The van der Waals surface area contributed by atoms with Gasteiger partial charge in [0.15, 0.2) is 0 Å². The molecule has 0 bridgehead atoms. The van der Waals surface area contributed by atoms with Gasteiger partial charge in [0.1, 0.15) is 5.75 Å². The number of hydrogen-bond acceptors (Lipinski definition) is 3. The number of hydrogen-bond donors (Lipinski definition) is 0. The third-order valence-corrected chi connectivity index (χ3v) is 5.70. The molecular formula is C22H20NOPS. The maximum absolute atomic E-state index is 5.52. The summed E-state index contributed by atoms with van der Waals surface area (Å²) in [5.74, 6) is 0.909. The van der Waals surface area contributed by atoms with Crippen LogP contribution in [0, 0.1) is 6.92 Å². The third kappa shape index (κ3) is 3.38. The number of aromatic nitrogens is 1. The maximum atomic E-state index is 5.52. The normalized spacial score (nSPS) is 11.0. The second-order valence-electron chi connectivity index (χ2n) is 6.26. The fourth-order valence-corrected chi connectivity index (χ4v) is 4.21. The highest BCUT2D eigenvalue weighted by Gasteiger charge is 2.09. The zero-order chi connectivity index (χ0) is 18.1. The summed E-state index contributed by atoms with van der Waals surface area (Å²) in [6, 6.07) is 19.0. The molecule has 0 amide bonds. The van der Waals surface area contributed by atoms with E-state index in [0.717, 1.165) is 17.0 Å². The van der Waals surface area contributed by atoms with Gasteiger partial charge >= 0.3 is 0 Å². The van der Waals surface area contributed by atoms with Crippen molar-refractivity contribution in [2.75, 3.05) is 6.61 Å². The fraction of sp³-hybridized carbons (Fsp3) is 0.136. The summed E-state index contributed by atoms with van der Waals surface area (Å²) in [5.41, 5.74) is 5.75. The lowest BCUT2D eigenvalue weighted by molar-refractivity contribution is 0.340. The van der Waals surface area contributed by atoms with Crippen LogP contribution in [0.1, 0.15) is 12.5 Å². The Hall–Kier alpha value is -2.22. The number of thiophene rings is 1. The summed E-state index contributed by atoms with van der Waals surface area (Å²) in [7, 11) is 2.75.